The summed E-state index contributed by atoms with van der Waals surface area (Å²) in [5, 5.41) is 3.54. The largest absolute Gasteiger partial charge is 0.343 e. The van der Waals surface area contributed by atoms with Crippen molar-refractivity contribution >= 4 is 5.91 Å². The normalized spacial score (nSPS) is 22.8. The Balaban J connectivity index is 2.51. The van der Waals surface area contributed by atoms with Crippen LogP contribution in [0.5, 0.6) is 0 Å². The molecule has 1 amide bonds. The Kier molecular flexibility index (Phi) is 8.31. The maximum absolute atomic E-state index is 12.7. The zero-order chi connectivity index (χ0) is 15.8. The van der Waals surface area contributed by atoms with Crippen LogP contribution in [-0.2, 0) is 4.79 Å². The van der Waals surface area contributed by atoms with Gasteiger partial charge >= 0.3 is 0 Å². The van der Waals surface area contributed by atoms with Gasteiger partial charge in [-0.1, -0.05) is 34.6 Å². The fraction of sp³-hybridized carbons (Fsp3) is 0.944. The van der Waals surface area contributed by atoms with Gasteiger partial charge in [0, 0.05) is 25.6 Å². The molecule has 0 radical (unpaired) electrons. The lowest BCUT2D eigenvalue weighted by atomic mass is 9.90. The van der Waals surface area contributed by atoms with Crippen LogP contribution in [0.4, 0.5) is 0 Å². The number of hydrogen-bond acceptors (Lipinski definition) is 2. The van der Waals surface area contributed by atoms with Gasteiger partial charge in [-0.15, -0.1) is 0 Å². The zero-order valence-corrected chi connectivity index (χ0v) is 14.8. The Labute approximate surface area is 131 Å². The van der Waals surface area contributed by atoms with Crippen LogP contribution < -0.4 is 5.32 Å². The second-order valence-corrected chi connectivity index (χ2v) is 7.63. The third-order valence-corrected chi connectivity index (χ3v) is 4.63. The molecule has 0 saturated carbocycles. The van der Waals surface area contributed by atoms with Crippen LogP contribution in [0, 0.1) is 17.8 Å². The first kappa shape index (κ1) is 18.5. The molecular weight excluding hydrogens is 260 g/mol. The Morgan fingerprint density at radius 2 is 1.71 bits per heavy atom. The highest BCUT2D eigenvalue weighted by atomic mass is 16.2. The SMILES string of the molecule is CC(C)CCN(CCC(C)C)C(=O)CC1NCCCC1C. The molecule has 0 aromatic heterocycles. The molecule has 1 N–H and O–H groups in total. The van der Waals surface area contributed by atoms with Crippen molar-refractivity contribution in [2.24, 2.45) is 17.8 Å². The summed E-state index contributed by atoms with van der Waals surface area (Å²) < 4.78 is 0. The molecule has 0 aromatic rings. The second-order valence-electron chi connectivity index (χ2n) is 7.63. The average molecular weight is 296 g/mol. The van der Waals surface area contributed by atoms with Crippen molar-refractivity contribution in [3.8, 4) is 0 Å². The monoisotopic (exact) mass is 296 g/mol. The number of nitrogens with one attached hydrogen (secondary N) is 1. The average Bonchev–Trinajstić information content (AvgIpc) is 2.40. The Hall–Kier alpha value is -0.570. The van der Waals surface area contributed by atoms with Gasteiger partial charge in [-0.05, 0) is 50.0 Å². The van der Waals surface area contributed by atoms with Gasteiger partial charge in [0.05, 0.1) is 0 Å². The van der Waals surface area contributed by atoms with E-state index >= 15 is 0 Å². The van der Waals surface area contributed by atoms with Crippen molar-refractivity contribution in [2.45, 2.75) is 72.8 Å². The highest BCUT2D eigenvalue weighted by molar-refractivity contribution is 5.76. The zero-order valence-electron chi connectivity index (χ0n) is 14.8. The highest BCUT2D eigenvalue weighted by Crippen LogP contribution is 2.19. The smallest absolute Gasteiger partial charge is 0.224 e. The van der Waals surface area contributed by atoms with Crippen LogP contribution in [0.2, 0.25) is 0 Å². The summed E-state index contributed by atoms with van der Waals surface area (Å²) in [6.07, 6.45) is 5.39. The van der Waals surface area contributed by atoms with Crippen LogP contribution in [0.15, 0.2) is 0 Å². The van der Waals surface area contributed by atoms with E-state index < -0.39 is 0 Å². The molecule has 0 bridgehead atoms. The van der Waals surface area contributed by atoms with Gasteiger partial charge in [0.2, 0.25) is 5.91 Å². The van der Waals surface area contributed by atoms with E-state index in [0.717, 1.165) is 32.5 Å². The molecule has 0 spiro atoms. The minimum atomic E-state index is 0.350. The van der Waals surface area contributed by atoms with Crippen molar-refractivity contribution in [1.29, 1.82) is 0 Å². The molecule has 1 aliphatic heterocycles. The summed E-state index contributed by atoms with van der Waals surface area (Å²) in [6.45, 7) is 14.1. The predicted octanol–water partition coefficient (Wildman–Crippen LogP) is 3.69. The first-order valence-electron chi connectivity index (χ1n) is 8.91. The second kappa shape index (κ2) is 9.45. The third-order valence-electron chi connectivity index (χ3n) is 4.63. The van der Waals surface area contributed by atoms with E-state index in [1.165, 1.54) is 12.8 Å². The number of amides is 1. The fourth-order valence-corrected chi connectivity index (χ4v) is 2.89. The molecule has 3 nitrogen and oxygen atoms in total. The summed E-state index contributed by atoms with van der Waals surface area (Å²) in [4.78, 5) is 14.8. The predicted molar refractivity (Wildman–Crippen MR) is 90.3 cm³/mol. The standard InChI is InChI=1S/C18H36N2O/c1-14(2)8-11-20(12-9-15(3)4)18(21)13-17-16(5)7-6-10-19-17/h14-17,19H,6-13H2,1-5H3. The van der Waals surface area contributed by atoms with Crippen molar-refractivity contribution < 1.29 is 4.79 Å². The molecule has 1 rings (SSSR count). The molecule has 124 valence electrons. The lowest BCUT2D eigenvalue weighted by Crippen LogP contribution is -2.45. The third kappa shape index (κ3) is 7.30. The molecular formula is C18H36N2O. The quantitative estimate of drug-likeness (QED) is 0.741. The number of piperidine rings is 1. The molecule has 0 aliphatic carbocycles. The topological polar surface area (TPSA) is 32.3 Å². The van der Waals surface area contributed by atoms with Crippen LogP contribution in [0.1, 0.15) is 66.7 Å². The Morgan fingerprint density at radius 3 is 2.19 bits per heavy atom. The van der Waals surface area contributed by atoms with Crippen molar-refractivity contribution in [1.82, 2.24) is 10.2 Å². The van der Waals surface area contributed by atoms with Gasteiger partial charge in [0.15, 0.2) is 0 Å². The number of rotatable bonds is 8. The fourth-order valence-electron chi connectivity index (χ4n) is 2.89. The van der Waals surface area contributed by atoms with Gasteiger partial charge in [-0.2, -0.15) is 0 Å². The maximum atomic E-state index is 12.7. The van der Waals surface area contributed by atoms with E-state index in [4.69, 9.17) is 0 Å². The maximum Gasteiger partial charge on any atom is 0.224 e. The van der Waals surface area contributed by atoms with E-state index in [2.05, 4.69) is 44.8 Å². The van der Waals surface area contributed by atoms with Gasteiger partial charge in [0.25, 0.3) is 0 Å². The highest BCUT2D eigenvalue weighted by Gasteiger charge is 2.25. The van der Waals surface area contributed by atoms with E-state index in [0.29, 0.717) is 36.1 Å². The van der Waals surface area contributed by atoms with Crippen molar-refractivity contribution in [3.05, 3.63) is 0 Å². The van der Waals surface area contributed by atoms with Crippen LogP contribution in [0.25, 0.3) is 0 Å². The number of hydrogen-bond donors (Lipinski definition) is 1. The first-order valence-corrected chi connectivity index (χ1v) is 8.91. The van der Waals surface area contributed by atoms with Crippen LogP contribution in [-0.4, -0.2) is 36.5 Å². The van der Waals surface area contributed by atoms with E-state index in [-0.39, 0.29) is 0 Å². The number of nitrogens with zero attached hydrogens (tertiary/aromatic N) is 1. The molecule has 3 heteroatoms. The van der Waals surface area contributed by atoms with Crippen LogP contribution in [0.3, 0.4) is 0 Å². The van der Waals surface area contributed by atoms with Gasteiger partial charge < -0.3 is 10.2 Å². The number of carbonyl (C=O) groups excluding carboxylic acids is 1. The van der Waals surface area contributed by atoms with Crippen LogP contribution >= 0.6 is 0 Å². The molecule has 1 aliphatic rings. The Morgan fingerprint density at radius 1 is 1.14 bits per heavy atom. The molecule has 2 unspecified atom stereocenters. The summed E-state index contributed by atoms with van der Waals surface area (Å²) in [5.74, 6) is 2.29. The molecule has 1 fully saturated rings. The Bertz CT molecular complexity index is 290. The molecule has 21 heavy (non-hydrogen) atoms. The minimum absolute atomic E-state index is 0.350. The first-order chi connectivity index (χ1) is 9.90. The van der Waals surface area contributed by atoms with Gasteiger partial charge in [-0.25, -0.2) is 0 Å². The van der Waals surface area contributed by atoms with Gasteiger partial charge in [0.1, 0.15) is 0 Å². The summed E-state index contributed by atoms with van der Waals surface area (Å²) >= 11 is 0. The van der Waals surface area contributed by atoms with Crippen molar-refractivity contribution in [2.75, 3.05) is 19.6 Å². The van der Waals surface area contributed by atoms with Crippen molar-refractivity contribution in [3.63, 3.8) is 0 Å². The summed E-state index contributed by atoms with van der Waals surface area (Å²) in [7, 11) is 0. The van der Waals surface area contributed by atoms with E-state index in [9.17, 15) is 4.79 Å². The minimum Gasteiger partial charge on any atom is -0.343 e. The molecule has 2 atom stereocenters. The molecule has 1 saturated heterocycles. The van der Waals surface area contributed by atoms with E-state index in [1.54, 1.807) is 0 Å². The van der Waals surface area contributed by atoms with Gasteiger partial charge in [-0.3, -0.25) is 4.79 Å². The lowest BCUT2D eigenvalue weighted by molar-refractivity contribution is -0.132. The molecule has 0 aromatic carbocycles. The lowest BCUT2D eigenvalue weighted by Gasteiger charge is -2.32. The molecule has 1 heterocycles. The number of carbonyl (C=O) groups is 1. The summed E-state index contributed by atoms with van der Waals surface area (Å²) in [5.41, 5.74) is 0. The van der Waals surface area contributed by atoms with E-state index in [1.807, 2.05) is 0 Å². The summed E-state index contributed by atoms with van der Waals surface area (Å²) in [6, 6.07) is 0.381.